The molecule has 0 atom stereocenters. The number of rotatable bonds is 6. The highest BCUT2D eigenvalue weighted by molar-refractivity contribution is 5.99. The molecule has 150 valence electrons. The van der Waals surface area contributed by atoms with Gasteiger partial charge >= 0.3 is 6.36 Å². The Bertz CT molecular complexity index is 1030. The normalized spacial score (nSPS) is 11.0. The molecule has 9 heteroatoms. The van der Waals surface area contributed by atoms with Gasteiger partial charge in [-0.25, -0.2) is 4.98 Å². The maximum absolute atomic E-state index is 12.3. The van der Waals surface area contributed by atoms with Crippen LogP contribution in [0.25, 0.3) is 11.3 Å². The van der Waals surface area contributed by atoms with E-state index in [4.69, 9.17) is 0 Å². The summed E-state index contributed by atoms with van der Waals surface area (Å²) in [6, 6.07) is 10.5. The Kier molecular flexibility index (Phi) is 5.58. The molecule has 0 aliphatic heterocycles. The lowest BCUT2D eigenvalue weighted by molar-refractivity contribution is -0.274. The summed E-state index contributed by atoms with van der Waals surface area (Å²) in [5, 5.41) is 5.83. The lowest BCUT2D eigenvalue weighted by Gasteiger charge is -2.14. The van der Waals surface area contributed by atoms with Crippen LogP contribution in [0.1, 0.15) is 0 Å². The van der Waals surface area contributed by atoms with E-state index >= 15 is 0 Å². The van der Waals surface area contributed by atoms with E-state index in [1.54, 1.807) is 35.3 Å². The number of benzene rings is 2. The average molecular weight is 402 g/mol. The van der Waals surface area contributed by atoms with Crippen molar-refractivity contribution in [3.8, 4) is 17.0 Å². The monoisotopic (exact) mass is 402 g/mol. The third-order valence-electron chi connectivity index (χ3n) is 3.82. The Morgan fingerprint density at radius 1 is 1.17 bits per heavy atom. The van der Waals surface area contributed by atoms with E-state index in [1.807, 2.05) is 7.05 Å². The molecule has 2 aromatic carbocycles. The Hall–Kier alpha value is -3.75. The van der Waals surface area contributed by atoms with E-state index in [0.717, 1.165) is 6.08 Å². The number of hydrogen-bond acceptors (Lipinski definition) is 4. The van der Waals surface area contributed by atoms with Crippen molar-refractivity contribution in [2.45, 2.75) is 6.36 Å². The van der Waals surface area contributed by atoms with Crippen LogP contribution >= 0.6 is 0 Å². The zero-order chi connectivity index (χ0) is 21.0. The minimum absolute atomic E-state index is 0.310. The van der Waals surface area contributed by atoms with Gasteiger partial charge in [-0.3, -0.25) is 4.79 Å². The van der Waals surface area contributed by atoms with Crippen LogP contribution in [0.2, 0.25) is 0 Å². The molecular weight excluding hydrogens is 385 g/mol. The number of halogens is 3. The highest BCUT2D eigenvalue weighted by atomic mass is 19.4. The average Bonchev–Trinajstić information content (AvgIpc) is 3.09. The van der Waals surface area contributed by atoms with E-state index in [9.17, 15) is 18.0 Å². The largest absolute Gasteiger partial charge is 0.573 e. The Morgan fingerprint density at radius 3 is 2.45 bits per heavy atom. The van der Waals surface area contributed by atoms with Gasteiger partial charge in [0.15, 0.2) is 0 Å². The fourth-order valence-electron chi connectivity index (χ4n) is 2.58. The minimum Gasteiger partial charge on any atom is -0.406 e. The summed E-state index contributed by atoms with van der Waals surface area (Å²) in [7, 11) is 1.83. The number of aromatic nitrogens is 2. The van der Waals surface area contributed by atoms with Crippen molar-refractivity contribution in [3.63, 3.8) is 0 Å². The molecule has 0 saturated carbocycles. The van der Waals surface area contributed by atoms with Gasteiger partial charge in [0.05, 0.1) is 12.0 Å². The quantitative estimate of drug-likeness (QED) is 0.578. The molecule has 2 N–H and O–H groups in total. The molecule has 0 radical (unpaired) electrons. The van der Waals surface area contributed by atoms with Gasteiger partial charge in [0, 0.05) is 35.9 Å². The first-order chi connectivity index (χ1) is 13.7. The lowest BCUT2D eigenvalue weighted by Crippen LogP contribution is -2.16. The van der Waals surface area contributed by atoms with Crippen molar-refractivity contribution in [2.75, 3.05) is 10.6 Å². The van der Waals surface area contributed by atoms with Crippen molar-refractivity contribution in [1.82, 2.24) is 9.55 Å². The summed E-state index contributed by atoms with van der Waals surface area (Å²) >= 11 is 0. The number of hydrogen-bond donors (Lipinski definition) is 2. The molecule has 1 amide bonds. The summed E-state index contributed by atoms with van der Waals surface area (Å²) in [5.41, 5.74) is 3.12. The lowest BCUT2D eigenvalue weighted by atomic mass is 10.1. The molecule has 3 aromatic rings. The number of nitrogens with zero attached hydrogens (tertiary/aromatic N) is 2. The number of carbonyl (C=O) groups excluding carboxylic acids is 1. The van der Waals surface area contributed by atoms with Gasteiger partial charge in [-0.1, -0.05) is 6.58 Å². The molecule has 0 spiro atoms. The van der Waals surface area contributed by atoms with E-state index in [2.05, 4.69) is 26.9 Å². The second kappa shape index (κ2) is 8.09. The topological polar surface area (TPSA) is 68.2 Å². The van der Waals surface area contributed by atoms with Crippen LogP contribution in [0.3, 0.4) is 0 Å². The minimum atomic E-state index is -4.74. The number of anilines is 3. The zero-order valence-electron chi connectivity index (χ0n) is 15.3. The SMILES string of the molecule is C=CC(=O)Nc1ccc(Nc2ccc(OC(F)(F)F)cc2)c(-c2cn(C)cn2)c1. The number of nitrogens with one attached hydrogen (secondary N) is 2. The number of amides is 1. The third kappa shape index (κ3) is 5.38. The Balaban J connectivity index is 1.89. The number of aryl methyl sites for hydroxylation is 1. The molecule has 0 saturated heterocycles. The molecule has 0 aliphatic rings. The number of imidazole rings is 1. The predicted octanol–water partition coefficient (Wildman–Crippen LogP) is 4.85. The van der Waals surface area contributed by atoms with E-state index in [0.29, 0.717) is 28.3 Å². The van der Waals surface area contributed by atoms with Crippen LogP contribution in [0, 0.1) is 0 Å². The maximum Gasteiger partial charge on any atom is 0.573 e. The third-order valence-corrected chi connectivity index (χ3v) is 3.82. The summed E-state index contributed by atoms with van der Waals surface area (Å²) in [5.74, 6) is -0.659. The summed E-state index contributed by atoms with van der Waals surface area (Å²) in [6.45, 7) is 3.42. The molecule has 3 rings (SSSR count). The van der Waals surface area contributed by atoms with Crippen molar-refractivity contribution >= 4 is 23.0 Å². The van der Waals surface area contributed by atoms with Gasteiger partial charge in [0.1, 0.15) is 5.75 Å². The van der Waals surface area contributed by atoms with Gasteiger partial charge in [0.25, 0.3) is 0 Å². The molecular formula is C20H17F3N4O2. The van der Waals surface area contributed by atoms with Crippen molar-refractivity contribution in [3.05, 3.63) is 67.6 Å². The molecule has 0 aliphatic carbocycles. The Morgan fingerprint density at radius 2 is 1.86 bits per heavy atom. The van der Waals surface area contributed by atoms with Crippen LogP contribution in [0.15, 0.2) is 67.6 Å². The second-order valence-electron chi connectivity index (χ2n) is 6.08. The molecule has 6 nitrogen and oxygen atoms in total. The Labute approximate surface area is 164 Å². The predicted molar refractivity (Wildman–Crippen MR) is 104 cm³/mol. The highest BCUT2D eigenvalue weighted by Gasteiger charge is 2.30. The van der Waals surface area contributed by atoms with Crippen molar-refractivity contribution in [1.29, 1.82) is 0 Å². The molecule has 1 aromatic heterocycles. The van der Waals surface area contributed by atoms with Gasteiger partial charge in [-0.15, -0.1) is 13.2 Å². The first kappa shape index (κ1) is 20.0. The maximum atomic E-state index is 12.3. The first-order valence-corrected chi connectivity index (χ1v) is 8.42. The molecule has 0 bridgehead atoms. The van der Waals surface area contributed by atoms with Crippen LogP contribution < -0.4 is 15.4 Å². The van der Waals surface area contributed by atoms with E-state index in [-0.39, 0.29) is 11.7 Å². The number of alkyl halides is 3. The van der Waals surface area contributed by atoms with Crippen molar-refractivity contribution < 1.29 is 22.7 Å². The van der Waals surface area contributed by atoms with Crippen LogP contribution in [-0.2, 0) is 11.8 Å². The molecule has 0 unspecified atom stereocenters. The summed E-state index contributed by atoms with van der Waals surface area (Å²) < 4.78 is 42.6. The highest BCUT2D eigenvalue weighted by Crippen LogP contribution is 2.33. The van der Waals surface area contributed by atoms with Crippen molar-refractivity contribution in [2.24, 2.45) is 7.05 Å². The molecule has 29 heavy (non-hydrogen) atoms. The van der Waals surface area contributed by atoms with Crippen LogP contribution in [-0.4, -0.2) is 21.8 Å². The van der Waals surface area contributed by atoms with Crippen LogP contribution in [0.5, 0.6) is 5.75 Å². The van der Waals surface area contributed by atoms with E-state index in [1.165, 1.54) is 24.3 Å². The summed E-state index contributed by atoms with van der Waals surface area (Å²) in [6.07, 6.45) is -0.138. The molecule has 0 fully saturated rings. The van der Waals surface area contributed by atoms with Gasteiger partial charge in [0.2, 0.25) is 5.91 Å². The van der Waals surface area contributed by atoms with E-state index < -0.39 is 6.36 Å². The van der Waals surface area contributed by atoms with Gasteiger partial charge in [-0.05, 0) is 48.5 Å². The smallest absolute Gasteiger partial charge is 0.406 e. The van der Waals surface area contributed by atoms with Gasteiger partial charge in [-0.2, -0.15) is 0 Å². The summed E-state index contributed by atoms with van der Waals surface area (Å²) in [4.78, 5) is 15.9. The fraction of sp³-hybridized carbons (Fsp3) is 0.100. The standard InChI is InChI=1S/C20H17F3N4O2/c1-3-19(28)26-14-6-9-17(16(10-14)18-11-27(2)12-24-18)25-13-4-7-15(8-5-13)29-20(21,22)23/h3-12,25H,1H2,2H3,(H,26,28). The number of ether oxygens (including phenoxy) is 1. The molecule has 1 heterocycles. The first-order valence-electron chi connectivity index (χ1n) is 8.42. The number of carbonyl (C=O) groups is 1. The second-order valence-corrected chi connectivity index (χ2v) is 6.08. The van der Waals surface area contributed by atoms with Gasteiger partial charge < -0.3 is 19.9 Å². The zero-order valence-corrected chi connectivity index (χ0v) is 15.3. The fourth-order valence-corrected chi connectivity index (χ4v) is 2.58. The van der Waals surface area contributed by atoms with Crippen LogP contribution in [0.4, 0.5) is 30.2 Å².